The molecule has 0 aliphatic carbocycles. The first-order chi connectivity index (χ1) is 10.6. The zero-order chi connectivity index (χ0) is 15.7. The third-order valence-electron chi connectivity index (χ3n) is 2.97. The number of halogens is 1. The maximum absolute atomic E-state index is 12.1. The van der Waals surface area contributed by atoms with Gasteiger partial charge in [-0.3, -0.25) is 14.9 Å². The summed E-state index contributed by atoms with van der Waals surface area (Å²) < 4.78 is 0. The summed E-state index contributed by atoms with van der Waals surface area (Å²) in [5.41, 5.74) is 6.02. The van der Waals surface area contributed by atoms with Crippen molar-refractivity contribution in [3.05, 3.63) is 41.7 Å². The van der Waals surface area contributed by atoms with Crippen molar-refractivity contribution in [2.75, 3.05) is 11.1 Å². The Morgan fingerprint density at radius 1 is 1.35 bits per heavy atom. The average molecular weight is 335 g/mol. The lowest BCUT2D eigenvalue weighted by Gasteiger charge is -2.03. The smallest absolute Gasteiger partial charge is 0.339 e. The summed E-state index contributed by atoms with van der Waals surface area (Å²) in [5, 5.41) is 18.5. The number of carboxylic acid groups (broad SMARTS) is 1. The van der Waals surface area contributed by atoms with E-state index in [2.05, 4.69) is 25.5 Å². The molecule has 0 aliphatic heterocycles. The van der Waals surface area contributed by atoms with Gasteiger partial charge >= 0.3 is 5.97 Å². The van der Waals surface area contributed by atoms with E-state index >= 15 is 0 Å². The second-order valence-corrected chi connectivity index (χ2v) is 4.39. The fraction of sp³-hybridized carbons (Fsp3) is 0. The predicted molar refractivity (Wildman–Crippen MR) is 84.7 cm³/mol. The van der Waals surface area contributed by atoms with Crippen LogP contribution in [0.25, 0.3) is 11.0 Å². The standard InChI is InChI=1S/C13H10N6O3.ClH/c14-9-7(13(21)22)4-8-10(16-9)18-19-11(8)17-12(20)6-2-1-3-15-5-6;/h1-5H,(H,21,22)(H4,14,16,17,18,19,20);1H. The molecule has 0 aliphatic rings. The number of amides is 1. The Kier molecular flexibility index (Phi) is 4.42. The lowest BCUT2D eigenvalue weighted by atomic mass is 10.2. The van der Waals surface area contributed by atoms with Crippen LogP contribution in [-0.4, -0.2) is 37.1 Å². The van der Waals surface area contributed by atoms with Gasteiger partial charge in [-0.2, -0.15) is 5.10 Å². The Hall–Kier alpha value is -3.20. The minimum atomic E-state index is -1.21. The van der Waals surface area contributed by atoms with Gasteiger partial charge in [0.2, 0.25) is 0 Å². The summed E-state index contributed by atoms with van der Waals surface area (Å²) in [6.45, 7) is 0. The molecule has 0 aromatic carbocycles. The number of anilines is 2. The molecule has 5 N–H and O–H groups in total. The monoisotopic (exact) mass is 334 g/mol. The molecule has 0 fully saturated rings. The fourth-order valence-corrected chi connectivity index (χ4v) is 1.91. The van der Waals surface area contributed by atoms with Crippen LogP contribution in [-0.2, 0) is 0 Å². The van der Waals surface area contributed by atoms with Crippen LogP contribution in [0.4, 0.5) is 11.6 Å². The first-order valence-corrected chi connectivity index (χ1v) is 6.15. The van der Waals surface area contributed by atoms with Gasteiger partial charge in [0.1, 0.15) is 11.4 Å². The van der Waals surface area contributed by atoms with Gasteiger partial charge in [-0.15, -0.1) is 12.4 Å². The van der Waals surface area contributed by atoms with Crippen LogP contribution in [0.1, 0.15) is 20.7 Å². The van der Waals surface area contributed by atoms with Crippen molar-refractivity contribution in [3.8, 4) is 0 Å². The lowest BCUT2D eigenvalue weighted by Crippen LogP contribution is -2.12. The Morgan fingerprint density at radius 3 is 2.78 bits per heavy atom. The first kappa shape index (κ1) is 16.2. The van der Waals surface area contributed by atoms with Crippen molar-refractivity contribution in [1.29, 1.82) is 0 Å². The van der Waals surface area contributed by atoms with E-state index in [0.717, 1.165) is 0 Å². The molecule has 3 aromatic heterocycles. The number of nitrogens with one attached hydrogen (secondary N) is 2. The number of pyridine rings is 2. The van der Waals surface area contributed by atoms with Crippen LogP contribution in [0.3, 0.4) is 0 Å². The fourth-order valence-electron chi connectivity index (χ4n) is 1.91. The number of carbonyl (C=O) groups excluding carboxylic acids is 1. The van der Waals surface area contributed by atoms with Crippen molar-refractivity contribution < 1.29 is 14.7 Å². The molecular formula is C13H11ClN6O3. The topological polar surface area (TPSA) is 147 Å². The molecule has 0 spiro atoms. The van der Waals surface area contributed by atoms with E-state index in [4.69, 9.17) is 10.8 Å². The summed E-state index contributed by atoms with van der Waals surface area (Å²) in [6, 6.07) is 4.53. The molecule has 1 amide bonds. The van der Waals surface area contributed by atoms with Gasteiger partial charge in [-0.1, -0.05) is 0 Å². The summed E-state index contributed by atoms with van der Waals surface area (Å²) in [5.74, 6) is -1.60. The summed E-state index contributed by atoms with van der Waals surface area (Å²) in [7, 11) is 0. The van der Waals surface area contributed by atoms with Crippen molar-refractivity contribution in [2.24, 2.45) is 0 Å². The van der Waals surface area contributed by atoms with E-state index in [1.165, 1.54) is 12.3 Å². The molecule has 0 bridgehead atoms. The molecule has 118 valence electrons. The number of H-pyrrole nitrogens is 1. The molecule has 0 atom stereocenters. The van der Waals surface area contributed by atoms with Gasteiger partial charge in [-0.05, 0) is 18.2 Å². The molecule has 3 aromatic rings. The lowest BCUT2D eigenvalue weighted by molar-refractivity contribution is 0.0697. The van der Waals surface area contributed by atoms with Crippen LogP contribution in [0.15, 0.2) is 30.6 Å². The summed E-state index contributed by atoms with van der Waals surface area (Å²) in [4.78, 5) is 30.9. The number of rotatable bonds is 3. The third-order valence-corrected chi connectivity index (χ3v) is 2.97. The number of aromatic nitrogens is 4. The second-order valence-electron chi connectivity index (χ2n) is 4.39. The number of aromatic carboxylic acids is 1. The minimum absolute atomic E-state index is 0. The molecule has 0 radical (unpaired) electrons. The van der Waals surface area contributed by atoms with E-state index in [1.54, 1.807) is 18.3 Å². The predicted octanol–water partition coefficient (Wildman–Crippen LogP) is 1.31. The van der Waals surface area contributed by atoms with E-state index < -0.39 is 11.9 Å². The largest absolute Gasteiger partial charge is 0.478 e. The number of nitrogen functional groups attached to an aromatic ring is 1. The Balaban J connectivity index is 0.00000192. The Morgan fingerprint density at radius 2 is 2.13 bits per heavy atom. The van der Waals surface area contributed by atoms with Crippen molar-refractivity contribution in [1.82, 2.24) is 20.2 Å². The highest BCUT2D eigenvalue weighted by Gasteiger charge is 2.17. The second kappa shape index (κ2) is 6.28. The Labute approximate surface area is 135 Å². The molecule has 9 nitrogen and oxygen atoms in total. The molecule has 0 saturated heterocycles. The molecule has 23 heavy (non-hydrogen) atoms. The van der Waals surface area contributed by atoms with Gasteiger partial charge in [-0.25, -0.2) is 9.78 Å². The van der Waals surface area contributed by atoms with E-state index in [9.17, 15) is 9.59 Å². The summed E-state index contributed by atoms with van der Waals surface area (Å²) >= 11 is 0. The molecule has 3 heterocycles. The molecule has 0 saturated carbocycles. The van der Waals surface area contributed by atoms with Crippen LogP contribution in [0, 0.1) is 0 Å². The van der Waals surface area contributed by atoms with Gasteiger partial charge in [0.25, 0.3) is 5.91 Å². The number of hydrogen-bond acceptors (Lipinski definition) is 6. The number of hydrogen-bond donors (Lipinski definition) is 4. The van der Waals surface area contributed by atoms with Crippen LogP contribution in [0.5, 0.6) is 0 Å². The first-order valence-electron chi connectivity index (χ1n) is 6.15. The molecular weight excluding hydrogens is 324 g/mol. The normalized spacial score (nSPS) is 10.1. The average Bonchev–Trinajstić information content (AvgIpc) is 2.89. The third kappa shape index (κ3) is 3.04. The quantitative estimate of drug-likeness (QED) is 0.564. The van der Waals surface area contributed by atoms with Crippen LogP contribution >= 0.6 is 12.4 Å². The molecule has 3 rings (SSSR count). The van der Waals surface area contributed by atoms with Crippen LogP contribution in [0.2, 0.25) is 0 Å². The van der Waals surface area contributed by atoms with Gasteiger partial charge < -0.3 is 16.2 Å². The number of fused-ring (bicyclic) bond motifs is 1. The van der Waals surface area contributed by atoms with E-state index in [1.807, 2.05) is 0 Å². The zero-order valence-corrected chi connectivity index (χ0v) is 12.3. The number of nitrogens with zero attached hydrogens (tertiary/aromatic N) is 3. The number of nitrogens with two attached hydrogens (primary N) is 1. The minimum Gasteiger partial charge on any atom is -0.478 e. The van der Waals surface area contributed by atoms with Crippen molar-refractivity contribution in [2.45, 2.75) is 0 Å². The number of carboxylic acids is 1. The van der Waals surface area contributed by atoms with Gasteiger partial charge in [0.05, 0.1) is 10.9 Å². The highest BCUT2D eigenvalue weighted by Crippen LogP contribution is 2.23. The van der Waals surface area contributed by atoms with E-state index in [0.29, 0.717) is 10.9 Å². The maximum atomic E-state index is 12.1. The van der Waals surface area contributed by atoms with Crippen molar-refractivity contribution >= 4 is 47.0 Å². The van der Waals surface area contributed by atoms with Crippen molar-refractivity contribution in [3.63, 3.8) is 0 Å². The maximum Gasteiger partial charge on any atom is 0.339 e. The molecule has 0 unspecified atom stereocenters. The highest BCUT2D eigenvalue weighted by molar-refractivity contribution is 6.08. The SMILES string of the molecule is Cl.Nc1nc2[nH]nc(NC(=O)c3cccnc3)c2cc1C(=O)O. The highest BCUT2D eigenvalue weighted by atomic mass is 35.5. The van der Waals surface area contributed by atoms with Gasteiger partial charge in [0, 0.05) is 12.4 Å². The number of carbonyl (C=O) groups is 2. The van der Waals surface area contributed by atoms with Crippen LogP contribution < -0.4 is 11.1 Å². The zero-order valence-electron chi connectivity index (χ0n) is 11.5. The van der Waals surface area contributed by atoms with E-state index in [-0.39, 0.29) is 35.3 Å². The number of aromatic amines is 1. The molecule has 10 heteroatoms. The van der Waals surface area contributed by atoms with Gasteiger partial charge in [0.15, 0.2) is 11.5 Å². The summed E-state index contributed by atoms with van der Waals surface area (Å²) in [6.07, 6.45) is 2.95. The Bertz CT molecular complexity index is 880.